The Morgan fingerprint density at radius 2 is 1.81 bits per heavy atom. The number of amides is 1. The second-order valence-corrected chi connectivity index (χ2v) is 9.18. The molecule has 1 amide bonds. The normalized spacial score (nSPS) is 10.7. The minimum Gasteiger partial charge on any atom is -0.457 e. The standard InChI is InChI=1S/C26H23N3O6S/c1-17-12-19(9-11-35-29(32)33)6-7-22(17)26(31)34-16-20-4-2-18(3-5-20)13-24(30)28-25-14-21-8-10-27-15-23(21)36-25/h2-8,10,12,14-15H,9,11,13,16H2,1H3,(H,28,30). The number of pyridine rings is 1. The number of aryl methyl sites for hydroxylation is 1. The van der Waals surface area contributed by atoms with E-state index in [0.717, 1.165) is 37.3 Å². The number of rotatable bonds is 10. The summed E-state index contributed by atoms with van der Waals surface area (Å²) < 4.78 is 6.45. The zero-order valence-electron chi connectivity index (χ0n) is 19.4. The van der Waals surface area contributed by atoms with E-state index < -0.39 is 11.1 Å². The number of anilines is 1. The molecule has 0 aliphatic carbocycles. The molecule has 2 heterocycles. The Morgan fingerprint density at radius 3 is 2.53 bits per heavy atom. The topological polar surface area (TPSA) is 121 Å². The Kier molecular flexibility index (Phi) is 7.86. The third-order valence-electron chi connectivity index (χ3n) is 5.44. The van der Waals surface area contributed by atoms with Crippen LogP contribution >= 0.6 is 11.3 Å². The quantitative estimate of drug-likeness (QED) is 0.185. The number of aromatic nitrogens is 1. The van der Waals surface area contributed by atoms with Gasteiger partial charge in [-0.2, -0.15) is 0 Å². The number of benzene rings is 2. The van der Waals surface area contributed by atoms with Crippen LogP contribution in [0.15, 0.2) is 67.0 Å². The van der Waals surface area contributed by atoms with Crippen LogP contribution in [0.25, 0.3) is 10.1 Å². The predicted octanol–water partition coefficient (Wildman–Crippen LogP) is 4.89. The molecule has 0 radical (unpaired) electrons. The molecule has 0 saturated carbocycles. The molecule has 0 unspecified atom stereocenters. The van der Waals surface area contributed by atoms with Crippen LogP contribution < -0.4 is 5.32 Å². The maximum Gasteiger partial charge on any atom is 0.338 e. The Hall–Kier alpha value is -4.31. The van der Waals surface area contributed by atoms with E-state index in [1.807, 2.05) is 36.4 Å². The van der Waals surface area contributed by atoms with Gasteiger partial charge in [-0.1, -0.05) is 36.4 Å². The van der Waals surface area contributed by atoms with Crippen LogP contribution in [-0.2, 0) is 33.8 Å². The number of carbonyl (C=O) groups excluding carboxylic acids is 2. The summed E-state index contributed by atoms with van der Waals surface area (Å²) >= 11 is 1.48. The first-order valence-electron chi connectivity index (χ1n) is 11.1. The number of nitrogens with zero attached hydrogens (tertiary/aromatic N) is 2. The number of esters is 1. The van der Waals surface area contributed by atoms with Crippen molar-refractivity contribution in [3.05, 3.63) is 105 Å². The van der Waals surface area contributed by atoms with Gasteiger partial charge in [-0.15, -0.1) is 21.5 Å². The molecule has 4 aromatic rings. The molecule has 2 aromatic carbocycles. The lowest BCUT2D eigenvalue weighted by Gasteiger charge is -2.10. The monoisotopic (exact) mass is 505 g/mol. The van der Waals surface area contributed by atoms with Crippen molar-refractivity contribution in [2.24, 2.45) is 0 Å². The zero-order valence-corrected chi connectivity index (χ0v) is 20.2. The minimum atomic E-state index is -0.829. The largest absolute Gasteiger partial charge is 0.457 e. The van der Waals surface area contributed by atoms with Gasteiger partial charge < -0.3 is 14.9 Å². The van der Waals surface area contributed by atoms with Crippen LogP contribution in [0.3, 0.4) is 0 Å². The average Bonchev–Trinajstić information content (AvgIpc) is 3.25. The number of hydrogen-bond acceptors (Lipinski definition) is 8. The van der Waals surface area contributed by atoms with Crippen molar-refractivity contribution in [3.8, 4) is 0 Å². The van der Waals surface area contributed by atoms with Crippen LogP contribution in [0.4, 0.5) is 5.00 Å². The summed E-state index contributed by atoms with van der Waals surface area (Å²) in [5.41, 5.74) is 3.62. The fraction of sp³-hybridized carbons (Fsp3) is 0.192. The molecule has 36 heavy (non-hydrogen) atoms. The SMILES string of the molecule is Cc1cc(CCO[N+](=O)[O-])ccc1C(=O)OCc1ccc(CC(=O)Nc2cc3ccncc3s2)cc1. The molecule has 0 fully saturated rings. The molecule has 0 atom stereocenters. The van der Waals surface area contributed by atoms with E-state index in [4.69, 9.17) is 4.74 Å². The smallest absolute Gasteiger partial charge is 0.338 e. The van der Waals surface area contributed by atoms with E-state index in [-0.39, 0.29) is 25.5 Å². The van der Waals surface area contributed by atoms with E-state index in [1.165, 1.54) is 11.3 Å². The first-order chi connectivity index (χ1) is 17.4. The van der Waals surface area contributed by atoms with Crippen LogP contribution in [0.1, 0.15) is 32.6 Å². The van der Waals surface area contributed by atoms with Gasteiger partial charge in [0.2, 0.25) is 5.91 Å². The molecular formula is C26H23N3O6S. The average molecular weight is 506 g/mol. The number of thiophene rings is 1. The molecule has 10 heteroatoms. The van der Waals surface area contributed by atoms with Gasteiger partial charge in [-0.05, 0) is 59.2 Å². The van der Waals surface area contributed by atoms with Crippen LogP contribution in [-0.4, -0.2) is 28.6 Å². The third kappa shape index (κ3) is 6.63. The van der Waals surface area contributed by atoms with Crippen molar-refractivity contribution in [1.82, 2.24) is 4.98 Å². The minimum absolute atomic E-state index is 0.0449. The highest BCUT2D eigenvalue weighted by atomic mass is 32.1. The Balaban J connectivity index is 1.26. The first kappa shape index (κ1) is 24.8. The lowest BCUT2D eigenvalue weighted by molar-refractivity contribution is -0.757. The fourth-order valence-corrected chi connectivity index (χ4v) is 4.59. The first-order valence-corrected chi connectivity index (χ1v) is 11.9. The molecule has 1 N–H and O–H groups in total. The van der Waals surface area contributed by atoms with Crippen LogP contribution in [0.5, 0.6) is 0 Å². The van der Waals surface area contributed by atoms with Crippen molar-refractivity contribution < 1.29 is 24.3 Å². The number of ether oxygens (including phenoxy) is 1. The Labute approximate surface area is 210 Å². The predicted molar refractivity (Wildman–Crippen MR) is 135 cm³/mol. The number of carbonyl (C=O) groups is 2. The third-order valence-corrected chi connectivity index (χ3v) is 6.44. The van der Waals surface area contributed by atoms with Gasteiger partial charge in [0.05, 0.1) is 21.7 Å². The summed E-state index contributed by atoms with van der Waals surface area (Å²) in [6.07, 6.45) is 4.08. The highest BCUT2D eigenvalue weighted by Crippen LogP contribution is 2.28. The molecule has 0 spiro atoms. The summed E-state index contributed by atoms with van der Waals surface area (Å²) in [7, 11) is 0. The molecule has 9 nitrogen and oxygen atoms in total. The van der Waals surface area contributed by atoms with Crippen molar-refractivity contribution >= 4 is 38.3 Å². The summed E-state index contributed by atoms with van der Waals surface area (Å²) in [6.45, 7) is 1.83. The Bertz CT molecular complexity index is 1370. The molecule has 4 rings (SSSR count). The summed E-state index contributed by atoms with van der Waals surface area (Å²) in [5.74, 6) is -0.569. The summed E-state index contributed by atoms with van der Waals surface area (Å²) in [6, 6.07) is 16.3. The summed E-state index contributed by atoms with van der Waals surface area (Å²) in [4.78, 5) is 43.6. The van der Waals surface area contributed by atoms with E-state index in [0.29, 0.717) is 12.0 Å². The maximum atomic E-state index is 12.5. The molecule has 184 valence electrons. The molecule has 0 bridgehead atoms. The van der Waals surface area contributed by atoms with E-state index >= 15 is 0 Å². The highest BCUT2D eigenvalue weighted by molar-refractivity contribution is 7.22. The highest BCUT2D eigenvalue weighted by Gasteiger charge is 2.12. The second kappa shape index (κ2) is 11.4. The Morgan fingerprint density at radius 1 is 1.06 bits per heavy atom. The fourth-order valence-electron chi connectivity index (χ4n) is 3.64. The number of nitrogens with one attached hydrogen (secondary N) is 1. The molecule has 0 saturated heterocycles. The van der Waals surface area contributed by atoms with Gasteiger partial charge >= 0.3 is 5.97 Å². The second-order valence-electron chi connectivity index (χ2n) is 8.10. The van der Waals surface area contributed by atoms with E-state index in [9.17, 15) is 19.7 Å². The number of fused-ring (bicyclic) bond motifs is 1. The van der Waals surface area contributed by atoms with Gasteiger partial charge in [-0.3, -0.25) is 9.78 Å². The maximum absolute atomic E-state index is 12.5. The lowest BCUT2D eigenvalue weighted by atomic mass is 10.0. The van der Waals surface area contributed by atoms with E-state index in [1.54, 1.807) is 37.5 Å². The van der Waals surface area contributed by atoms with Gasteiger partial charge in [0, 0.05) is 12.4 Å². The molecular weight excluding hydrogens is 482 g/mol. The van der Waals surface area contributed by atoms with E-state index in [2.05, 4.69) is 15.1 Å². The zero-order chi connectivity index (χ0) is 25.5. The van der Waals surface area contributed by atoms with Crippen LogP contribution in [0, 0.1) is 17.0 Å². The summed E-state index contributed by atoms with van der Waals surface area (Å²) in [5, 5.41) is 14.2. The van der Waals surface area contributed by atoms with Crippen molar-refractivity contribution in [2.75, 3.05) is 11.9 Å². The van der Waals surface area contributed by atoms with Gasteiger partial charge in [0.1, 0.15) is 13.2 Å². The number of hydrogen-bond donors (Lipinski definition) is 1. The molecule has 0 aliphatic heterocycles. The van der Waals surface area contributed by atoms with Crippen molar-refractivity contribution in [2.45, 2.75) is 26.4 Å². The van der Waals surface area contributed by atoms with Crippen molar-refractivity contribution in [1.29, 1.82) is 0 Å². The molecule has 0 aliphatic rings. The van der Waals surface area contributed by atoms with Crippen molar-refractivity contribution in [3.63, 3.8) is 0 Å². The van der Waals surface area contributed by atoms with Gasteiger partial charge in [0.15, 0.2) is 0 Å². The van der Waals surface area contributed by atoms with Gasteiger partial charge in [-0.25, -0.2) is 4.79 Å². The van der Waals surface area contributed by atoms with Gasteiger partial charge in [0.25, 0.3) is 5.09 Å². The van der Waals surface area contributed by atoms with Crippen LogP contribution in [0.2, 0.25) is 0 Å². The molecule has 2 aromatic heterocycles. The lowest BCUT2D eigenvalue weighted by Crippen LogP contribution is -2.13.